The van der Waals surface area contributed by atoms with Gasteiger partial charge in [-0.25, -0.2) is 4.98 Å². The first-order chi connectivity index (χ1) is 7.03. The van der Waals surface area contributed by atoms with Gasteiger partial charge in [0, 0.05) is 18.5 Å². The van der Waals surface area contributed by atoms with Crippen molar-refractivity contribution in [2.24, 2.45) is 0 Å². The Morgan fingerprint density at radius 3 is 3.00 bits per heavy atom. The van der Waals surface area contributed by atoms with Crippen molar-refractivity contribution < 1.29 is 5.11 Å². The van der Waals surface area contributed by atoms with Gasteiger partial charge in [-0.05, 0) is 19.2 Å². The SMILES string of the molecule is CSCC(C)(O)CNc1ccnc(N)n1. The van der Waals surface area contributed by atoms with Crippen molar-refractivity contribution in [2.45, 2.75) is 12.5 Å². The molecule has 0 spiro atoms. The molecule has 1 aromatic rings. The molecule has 1 unspecified atom stereocenters. The van der Waals surface area contributed by atoms with Gasteiger partial charge in [-0.3, -0.25) is 0 Å². The highest BCUT2D eigenvalue weighted by Crippen LogP contribution is 2.12. The molecule has 5 nitrogen and oxygen atoms in total. The third kappa shape index (κ3) is 4.35. The Bertz CT molecular complexity index is 319. The minimum Gasteiger partial charge on any atom is -0.387 e. The average molecular weight is 228 g/mol. The van der Waals surface area contributed by atoms with Crippen molar-refractivity contribution in [1.82, 2.24) is 9.97 Å². The Hall–Kier alpha value is -1.01. The molecule has 0 aliphatic heterocycles. The summed E-state index contributed by atoms with van der Waals surface area (Å²) in [6, 6.07) is 1.71. The second-order valence-corrected chi connectivity index (χ2v) is 4.45. The summed E-state index contributed by atoms with van der Waals surface area (Å²) in [4.78, 5) is 7.75. The predicted octanol–water partition coefficient (Wildman–Crippen LogP) is 0.585. The standard InChI is InChI=1S/C9H16N4OS/c1-9(14,6-15-2)5-12-7-3-4-11-8(10)13-7/h3-4,14H,5-6H2,1-2H3,(H3,10,11,12,13). The minimum atomic E-state index is -0.751. The van der Waals surface area contributed by atoms with Crippen molar-refractivity contribution in [3.8, 4) is 0 Å². The lowest BCUT2D eigenvalue weighted by Crippen LogP contribution is -2.36. The summed E-state index contributed by atoms with van der Waals surface area (Å²) in [7, 11) is 0. The molecule has 0 aliphatic carbocycles. The first kappa shape index (κ1) is 12.1. The summed E-state index contributed by atoms with van der Waals surface area (Å²) in [6.07, 6.45) is 3.53. The molecule has 0 radical (unpaired) electrons. The molecule has 0 saturated carbocycles. The average Bonchev–Trinajstić information content (AvgIpc) is 2.15. The summed E-state index contributed by atoms with van der Waals surface area (Å²) < 4.78 is 0. The number of anilines is 2. The van der Waals surface area contributed by atoms with Crippen molar-refractivity contribution in [3.63, 3.8) is 0 Å². The summed E-state index contributed by atoms with van der Waals surface area (Å²) in [5.41, 5.74) is 4.68. The van der Waals surface area contributed by atoms with Crippen LogP contribution in [0.15, 0.2) is 12.3 Å². The number of nitrogens with two attached hydrogens (primary N) is 1. The molecule has 0 aromatic carbocycles. The number of hydrogen-bond donors (Lipinski definition) is 3. The lowest BCUT2D eigenvalue weighted by atomic mass is 10.1. The summed E-state index contributed by atoms with van der Waals surface area (Å²) in [6.45, 7) is 2.21. The summed E-state index contributed by atoms with van der Waals surface area (Å²) >= 11 is 1.60. The maximum atomic E-state index is 9.89. The van der Waals surface area contributed by atoms with Crippen LogP contribution in [0.3, 0.4) is 0 Å². The smallest absolute Gasteiger partial charge is 0.221 e. The molecule has 4 N–H and O–H groups in total. The lowest BCUT2D eigenvalue weighted by molar-refractivity contribution is 0.0996. The summed E-state index contributed by atoms with van der Waals surface area (Å²) in [5, 5.41) is 12.9. The zero-order valence-corrected chi connectivity index (χ0v) is 9.71. The van der Waals surface area contributed by atoms with Crippen LogP contribution in [0.1, 0.15) is 6.92 Å². The van der Waals surface area contributed by atoms with Crippen LogP contribution in [-0.2, 0) is 0 Å². The monoisotopic (exact) mass is 228 g/mol. The van der Waals surface area contributed by atoms with Gasteiger partial charge in [-0.2, -0.15) is 16.7 Å². The number of aromatic nitrogens is 2. The summed E-state index contributed by atoms with van der Waals surface area (Å²) in [5.74, 6) is 1.52. The number of rotatable bonds is 5. The van der Waals surface area contributed by atoms with E-state index >= 15 is 0 Å². The fourth-order valence-corrected chi connectivity index (χ4v) is 1.84. The van der Waals surface area contributed by atoms with E-state index in [1.807, 2.05) is 6.26 Å². The largest absolute Gasteiger partial charge is 0.387 e. The van der Waals surface area contributed by atoms with Gasteiger partial charge >= 0.3 is 0 Å². The van der Waals surface area contributed by atoms with Crippen molar-refractivity contribution in [3.05, 3.63) is 12.3 Å². The van der Waals surface area contributed by atoms with Gasteiger partial charge in [0.15, 0.2) is 0 Å². The molecule has 0 fully saturated rings. The molecule has 0 aliphatic rings. The van der Waals surface area contributed by atoms with Crippen LogP contribution in [-0.4, -0.2) is 39.2 Å². The topological polar surface area (TPSA) is 84.1 Å². The zero-order valence-electron chi connectivity index (χ0n) is 8.90. The van der Waals surface area contributed by atoms with Crippen LogP contribution in [0.5, 0.6) is 0 Å². The van der Waals surface area contributed by atoms with E-state index in [9.17, 15) is 5.11 Å². The van der Waals surface area contributed by atoms with Gasteiger partial charge in [0.1, 0.15) is 5.82 Å². The van der Waals surface area contributed by atoms with Crippen molar-refractivity contribution in [2.75, 3.05) is 29.6 Å². The quantitative estimate of drug-likeness (QED) is 0.684. The Morgan fingerprint density at radius 1 is 1.67 bits per heavy atom. The van der Waals surface area contributed by atoms with Gasteiger partial charge in [-0.1, -0.05) is 0 Å². The van der Waals surface area contributed by atoms with E-state index in [1.54, 1.807) is 30.9 Å². The fourth-order valence-electron chi connectivity index (χ4n) is 1.12. The molecule has 1 heterocycles. The fraction of sp³-hybridized carbons (Fsp3) is 0.556. The Kier molecular flexibility index (Phi) is 4.16. The van der Waals surface area contributed by atoms with Crippen LogP contribution in [0.4, 0.5) is 11.8 Å². The van der Waals surface area contributed by atoms with E-state index < -0.39 is 5.60 Å². The first-order valence-corrected chi connectivity index (χ1v) is 5.96. The van der Waals surface area contributed by atoms with E-state index in [-0.39, 0.29) is 5.95 Å². The zero-order chi connectivity index (χ0) is 11.3. The third-order valence-corrected chi connectivity index (χ3v) is 2.69. The van der Waals surface area contributed by atoms with E-state index in [0.29, 0.717) is 18.1 Å². The second-order valence-electron chi connectivity index (χ2n) is 3.58. The molecule has 0 saturated heterocycles. The molecule has 15 heavy (non-hydrogen) atoms. The number of nitrogens with one attached hydrogen (secondary N) is 1. The van der Waals surface area contributed by atoms with Gasteiger partial charge < -0.3 is 16.2 Å². The van der Waals surface area contributed by atoms with Gasteiger partial charge in [0.05, 0.1) is 5.60 Å². The molecule has 1 atom stereocenters. The first-order valence-electron chi connectivity index (χ1n) is 4.57. The maximum Gasteiger partial charge on any atom is 0.221 e. The highest BCUT2D eigenvalue weighted by Gasteiger charge is 2.19. The molecule has 1 rings (SSSR count). The highest BCUT2D eigenvalue weighted by atomic mass is 32.2. The van der Waals surface area contributed by atoms with Gasteiger partial charge in [0.25, 0.3) is 0 Å². The van der Waals surface area contributed by atoms with E-state index in [0.717, 1.165) is 0 Å². The van der Waals surface area contributed by atoms with E-state index in [1.165, 1.54) is 0 Å². The molecule has 1 aromatic heterocycles. The van der Waals surface area contributed by atoms with Gasteiger partial charge in [-0.15, -0.1) is 0 Å². The van der Waals surface area contributed by atoms with E-state index in [4.69, 9.17) is 5.73 Å². The van der Waals surface area contributed by atoms with Crippen molar-refractivity contribution in [1.29, 1.82) is 0 Å². The third-order valence-electron chi connectivity index (χ3n) is 1.78. The predicted molar refractivity (Wildman–Crippen MR) is 63.9 cm³/mol. The van der Waals surface area contributed by atoms with Crippen LogP contribution in [0, 0.1) is 0 Å². The second kappa shape index (κ2) is 5.18. The number of nitrogen functional groups attached to an aromatic ring is 1. The highest BCUT2D eigenvalue weighted by molar-refractivity contribution is 7.98. The van der Waals surface area contributed by atoms with Crippen LogP contribution in [0.2, 0.25) is 0 Å². The maximum absolute atomic E-state index is 9.89. The molecule has 84 valence electrons. The Morgan fingerprint density at radius 2 is 2.40 bits per heavy atom. The van der Waals surface area contributed by atoms with Crippen molar-refractivity contribution >= 4 is 23.5 Å². The van der Waals surface area contributed by atoms with Crippen LogP contribution < -0.4 is 11.1 Å². The molecular formula is C9H16N4OS. The molecule has 0 amide bonds. The lowest BCUT2D eigenvalue weighted by Gasteiger charge is -2.22. The number of aliphatic hydroxyl groups is 1. The Labute approximate surface area is 93.5 Å². The number of hydrogen-bond acceptors (Lipinski definition) is 6. The molecule has 6 heteroatoms. The number of nitrogens with zero attached hydrogens (tertiary/aromatic N) is 2. The minimum absolute atomic E-state index is 0.226. The molecular weight excluding hydrogens is 212 g/mol. The normalized spacial score (nSPS) is 14.6. The van der Waals surface area contributed by atoms with Crippen LogP contribution in [0.25, 0.3) is 0 Å². The van der Waals surface area contributed by atoms with E-state index in [2.05, 4.69) is 15.3 Å². The number of thioether (sulfide) groups is 1. The van der Waals surface area contributed by atoms with Crippen LogP contribution >= 0.6 is 11.8 Å². The van der Waals surface area contributed by atoms with Gasteiger partial charge in [0.2, 0.25) is 5.95 Å². The Balaban J connectivity index is 2.49. The molecule has 0 bridgehead atoms.